The second-order valence-corrected chi connectivity index (χ2v) is 5.18. The second-order valence-electron chi connectivity index (χ2n) is 5.18. The Hall–Kier alpha value is -2.08. The molecule has 0 aromatic heterocycles. The first kappa shape index (κ1) is 15.3. The van der Waals surface area contributed by atoms with Crippen LogP contribution in [0.1, 0.15) is 13.3 Å². The molecule has 0 spiro atoms. The Morgan fingerprint density at radius 2 is 2.14 bits per heavy atom. The summed E-state index contributed by atoms with van der Waals surface area (Å²) in [6.45, 7) is 2.89. The molecule has 1 heterocycles. The number of carbonyl (C=O) groups excluding carboxylic acids is 1. The third-order valence-corrected chi connectivity index (χ3v) is 3.63. The Kier molecular flexibility index (Phi) is 5.16. The minimum Gasteiger partial charge on any atom is -0.480 e. The van der Waals surface area contributed by atoms with Gasteiger partial charge in [-0.25, -0.2) is 4.79 Å². The molecule has 1 aliphatic heterocycles. The van der Waals surface area contributed by atoms with Crippen LogP contribution in [0.25, 0.3) is 0 Å². The van der Waals surface area contributed by atoms with Gasteiger partial charge in [0.1, 0.15) is 6.54 Å². The quantitative estimate of drug-likeness (QED) is 0.866. The van der Waals surface area contributed by atoms with Crippen LogP contribution >= 0.6 is 0 Å². The van der Waals surface area contributed by atoms with Crippen LogP contribution in [0.2, 0.25) is 0 Å². The van der Waals surface area contributed by atoms with E-state index in [1.54, 1.807) is 24.3 Å². The number of nitrogens with zero attached hydrogens (tertiary/aromatic N) is 1. The lowest BCUT2D eigenvalue weighted by Gasteiger charge is -2.26. The second kappa shape index (κ2) is 7.08. The average Bonchev–Trinajstić information content (AvgIpc) is 2.99. The summed E-state index contributed by atoms with van der Waals surface area (Å²) >= 11 is 0. The molecule has 1 fully saturated rings. The Morgan fingerprint density at radius 1 is 1.43 bits per heavy atom. The fraction of sp³-hybridized carbons (Fsp3) is 0.467. The molecule has 2 rings (SSSR count). The smallest absolute Gasteiger partial charge is 0.323 e. The van der Waals surface area contributed by atoms with Crippen molar-refractivity contribution in [2.24, 2.45) is 5.92 Å². The Labute approximate surface area is 123 Å². The third kappa shape index (κ3) is 4.19. The molecule has 0 radical (unpaired) electrons. The number of urea groups is 1. The van der Waals surface area contributed by atoms with Crippen LogP contribution in [0.5, 0.6) is 0 Å². The number of para-hydroxylation sites is 1. The molecule has 6 heteroatoms. The first-order valence-electron chi connectivity index (χ1n) is 7.00. The number of anilines is 1. The summed E-state index contributed by atoms with van der Waals surface area (Å²) in [5.41, 5.74) is 0.562. The van der Waals surface area contributed by atoms with Gasteiger partial charge in [-0.3, -0.25) is 9.69 Å². The maximum atomic E-state index is 12.4. The number of rotatable bonds is 5. The van der Waals surface area contributed by atoms with E-state index in [1.165, 1.54) is 4.90 Å². The summed E-state index contributed by atoms with van der Waals surface area (Å²) in [6.07, 6.45) is 0.908. The SMILES string of the molecule is CC(NC(=O)N(CC(=O)O)c1ccccc1)C1CCOC1. The van der Waals surface area contributed by atoms with E-state index in [1.807, 2.05) is 13.0 Å². The van der Waals surface area contributed by atoms with Gasteiger partial charge in [-0.05, 0) is 25.5 Å². The van der Waals surface area contributed by atoms with E-state index in [4.69, 9.17) is 9.84 Å². The highest BCUT2D eigenvalue weighted by atomic mass is 16.5. The molecule has 1 aromatic rings. The van der Waals surface area contributed by atoms with Gasteiger partial charge in [-0.2, -0.15) is 0 Å². The van der Waals surface area contributed by atoms with Gasteiger partial charge < -0.3 is 15.2 Å². The largest absolute Gasteiger partial charge is 0.480 e. The highest BCUT2D eigenvalue weighted by Gasteiger charge is 2.26. The molecule has 2 amide bonds. The minimum atomic E-state index is -1.05. The van der Waals surface area contributed by atoms with Crippen molar-refractivity contribution in [3.05, 3.63) is 30.3 Å². The highest BCUT2D eigenvalue weighted by molar-refractivity contribution is 5.96. The van der Waals surface area contributed by atoms with E-state index in [0.717, 1.165) is 6.42 Å². The van der Waals surface area contributed by atoms with E-state index in [-0.39, 0.29) is 18.5 Å². The third-order valence-electron chi connectivity index (χ3n) is 3.63. The molecule has 0 aliphatic carbocycles. The standard InChI is InChI=1S/C15H20N2O4/c1-11(12-7-8-21-10-12)16-15(20)17(9-14(18)19)13-5-3-2-4-6-13/h2-6,11-12H,7-10H2,1H3,(H,16,20)(H,18,19). The van der Waals surface area contributed by atoms with Gasteiger partial charge in [0.05, 0.1) is 6.61 Å². The lowest BCUT2D eigenvalue weighted by atomic mass is 10.0. The normalized spacial score (nSPS) is 19.0. The zero-order chi connectivity index (χ0) is 15.2. The van der Waals surface area contributed by atoms with Gasteiger partial charge in [0.25, 0.3) is 0 Å². The summed E-state index contributed by atoms with van der Waals surface area (Å²) in [5.74, 6) is -0.776. The van der Waals surface area contributed by atoms with Crippen LogP contribution in [0.4, 0.5) is 10.5 Å². The van der Waals surface area contributed by atoms with Crippen molar-refractivity contribution < 1.29 is 19.4 Å². The molecule has 6 nitrogen and oxygen atoms in total. The van der Waals surface area contributed by atoms with Crippen molar-refractivity contribution in [3.63, 3.8) is 0 Å². The fourth-order valence-electron chi connectivity index (χ4n) is 2.36. The van der Waals surface area contributed by atoms with E-state index in [2.05, 4.69) is 5.32 Å². The monoisotopic (exact) mass is 292 g/mol. The van der Waals surface area contributed by atoms with Crippen molar-refractivity contribution in [1.29, 1.82) is 0 Å². The number of amides is 2. The Balaban J connectivity index is 2.05. The molecule has 2 atom stereocenters. The number of ether oxygens (including phenoxy) is 1. The maximum Gasteiger partial charge on any atom is 0.323 e. The molecule has 1 aromatic carbocycles. The first-order valence-corrected chi connectivity index (χ1v) is 7.00. The zero-order valence-electron chi connectivity index (χ0n) is 12.0. The Morgan fingerprint density at radius 3 is 2.71 bits per heavy atom. The number of carboxylic acids is 1. The van der Waals surface area contributed by atoms with Crippen molar-refractivity contribution in [3.8, 4) is 0 Å². The molecular formula is C15H20N2O4. The summed E-state index contributed by atoms with van der Waals surface area (Å²) in [6, 6.07) is 8.33. The summed E-state index contributed by atoms with van der Waals surface area (Å²) < 4.78 is 5.31. The predicted octanol–water partition coefficient (Wildman–Crippen LogP) is 1.71. The summed E-state index contributed by atoms with van der Waals surface area (Å²) in [7, 11) is 0. The van der Waals surface area contributed by atoms with E-state index in [0.29, 0.717) is 18.9 Å². The van der Waals surface area contributed by atoms with Crippen molar-refractivity contribution in [2.75, 3.05) is 24.7 Å². The van der Waals surface area contributed by atoms with Crippen LogP contribution in [-0.4, -0.2) is 42.9 Å². The van der Waals surface area contributed by atoms with Gasteiger partial charge in [-0.1, -0.05) is 18.2 Å². The lowest BCUT2D eigenvalue weighted by Crippen LogP contribution is -2.48. The fourth-order valence-corrected chi connectivity index (χ4v) is 2.36. The number of benzene rings is 1. The molecule has 2 unspecified atom stereocenters. The number of nitrogens with one attached hydrogen (secondary N) is 1. The van der Waals surface area contributed by atoms with Crippen LogP contribution in [0.15, 0.2) is 30.3 Å². The topological polar surface area (TPSA) is 78.9 Å². The lowest BCUT2D eigenvalue weighted by molar-refractivity contribution is -0.135. The molecular weight excluding hydrogens is 272 g/mol. The summed E-state index contributed by atoms with van der Waals surface area (Å²) in [4.78, 5) is 24.6. The van der Waals surface area contributed by atoms with E-state index < -0.39 is 12.0 Å². The van der Waals surface area contributed by atoms with E-state index >= 15 is 0 Å². The molecule has 114 valence electrons. The van der Waals surface area contributed by atoms with E-state index in [9.17, 15) is 9.59 Å². The maximum absolute atomic E-state index is 12.4. The number of aliphatic carboxylic acids is 1. The zero-order valence-corrected chi connectivity index (χ0v) is 12.0. The number of carboxylic acid groups (broad SMARTS) is 1. The van der Waals surface area contributed by atoms with Crippen molar-refractivity contribution in [1.82, 2.24) is 5.32 Å². The predicted molar refractivity (Wildman–Crippen MR) is 78.3 cm³/mol. The number of carbonyl (C=O) groups is 2. The molecule has 1 aliphatic rings. The van der Waals surface area contributed by atoms with Gasteiger partial charge in [0.2, 0.25) is 0 Å². The molecule has 2 N–H and O–H groups in total. The van der Waals surface area contributed by atoms with Crippen LogP contribution in [0, 0.1) is 5.92 Å². The van der Waals surface area contributed by atoms with Crippen LogP contribution in [-0.2, 0) is 9.53 Å². The van der Waals surface area contributed by atoms with Crippen molar-refractivity contribution in [2.45, 2.75) is 19.4 Å². The van der Waals surface area contributed by atoms with Crippen molar-refractivity contribution >= 4 is 17.7 Å². The minimum absolute atomic E-state index is 0.0555. The average molecular weight is 292 g/mol. The van der Waals surface area contributed by atoms with Gasteiger partial charge >= 0.3 is 12.0 Å². The summed E-state index contributed by atoms with van der Waals surface area (Å²) in [5, 5.41) is 11.9. The van der Waals surface area contributed by atoms with Crippen LogP contribution < -0.4 is 10.2 Å². The first-order chi connectivity index (χ1) is 10.1. The van der Waals surface area contributed by atoms with Crippen LogP contribution in [0.3, 0.4) is 0 Å². The molecule has 0 bridgehead atoms. The van der Waals surface area contributed by atoms with Gasteiger partial charge in [0.15, 0.2) is 0 Å². The molecule has 21 heavy (non-hydrogen) atoms. The highest BCUT2D eigenvalue weighted by Crippen LogP contribution is 2.18. The number of hydrogen-bond acceptors (Lipinski definition) is 3. The Bertz CT molecular complexity index is 486. The molecule has 1 saturated heterocycles. The van der Waals surface area contributed by atoms with Gasteiger partial charge in [-0.15, -0.1) is 0 Å². The molecule has 0 saturated carbocycles. The van der Waals surface area contributed by atoms with Gasteiger partial charge in [0, 0.05) is 24.3 Å². The number of hydrogen-bond donors (Lipinski definition) is 2.